The highest BCUT2D eigenvalue weighted by Crippen LogP contribution is 2.20. The summed E-state index contributed by atoms with van der Waals surface area (Å²) in [6.07, 6.45) is 3.12. The van der Waals surface area contributed by atoms with Gasteiger partial charge in [-0.15, -0.1) is 0 Å². The predicted molar refractivity (Wildman–Crippen MR) is 84.5 cm³/mol. The van der Waals surface area contributed by atoms with E-state index in [0.717, 1.165) is 31.6 Å². The fraction of sp³-hybridized carbons (Fsp3) is 0.647. The van der Waals surface area contributed by atoms with E-state index < -0.39 is 0 Å². The second-order valence-electron chi connectivity index (χ2n) is 5.87. The average Bonchev–Trinajstić information content (AvgIpc) is 2.44. The Balaban J connectivity index is 2.72. The van der Waals surface area contributed by atoms with Gasteiger partial charge in [-0.05, 0) is 57.4 Å². The second-order valence-corrected chi connectivity index (χ2v) is 5.87. The van der Waals surface area contributed by atoms with E-state index in [2.05, 4.69) is 38.2 Å². The van der Waals surface area contributed by atoms with Gasteiger partial charge in [-0.3, -0.25) is 0 Å². The molecule has 1 aromatic carbocycles. The summed E-state index contributed by atoms with van der Waals surface area (Å²) in [5.74, 6) is 0.919. The SMILES string of the molecule is CCCNC(Cc1cccc(OC)c1)CC(C)(C)OC. The van der Waals surface area contributed by atoms with Gasteiger partial charge in [0.15, 0.2) is 0 Å². The first-order chi connectivity index (χ1) is 9.50. The molecule has 114 valence electrons. The first-order valence-corrected chi connectivity index (χ1v) is 7.42. The molecule has 1 N–H and O–H groups in total. The maximum atomic E-state index is 5.57. The van der Waals surface area contributed by atoms with Crippen LogP contribution in [0.4, 0.5) is 0 Å². The third kappa shape index (κ3) is 5.93. The molecule has 3 nitrogen and oxygen atoms in total. The zero-order valence-electron chi connectivity index (χ0n) is 13.5. The molecule has 0 spiro atoms. The lowest BCUT2D eigenvalue weighted by Gasteiger charge is -2.29. The van der Waals surface area contributed by atoms with E-state index in [9.17, 15) is 0 Å². The zero-order chi connectivity index (χ0) is 15.0. The average molecular weight is 279 g/mol. The van der Waals surface area contributed by atoms with E-state index >= 15 is 0 Å². The highest BCUT2D eigenvalue weighted by Gasteiger charge is 2.22. The van der Waals surface area contributed by atoms with Crippen molar-refractivity contribution in [3.8, 4) is 5.75 Å². The molecule has 0 aliphatic rings. The Morgan fingerprint density at radius 3 is 2.60 bits per heavy atom. The minimum Gasteiger partial charge on any atom is -0.497 e. The maximum Gasteiger partial charge on any atom is 0.119 e. The van der Waals surface area contributed by atoms with Crippen LogP contribution in [-0.4, -0.2) is 32.4 Å². The summed E-state index contributed by atoms with van der Waals surface area (Å²) < 4.78 is 10.9. The number of methoxy groups -OCH3 is 2. The van der Waals surface area contributed by atoms with Gasteiger partial charge < -0.3 is 14.8 Å². The molecule has 0 bridgehead atoms. The lowest BCUT2D eigenvalue weighted by atomic mass is 9.94. The van der Waals surface area contributed by atoms with Gasteiger partial charge in [-0.2, -0.15) is 0 Å². The molecule has 0 aromatic heterocycles. The fourth-order valence-corrected chi connectivity index (χ4v) is 2.33. The lowest BCUT2D eigenvalue weighted by molar-refractivity contribution is 0.00714. The minimum atomic E-state index is -0.107. The van der Waals surface area contributed by atoms with Crippen molar-refractivity contribution in [2.45, 2.75) is 51.7 Å². The summed E-state index contributed by atoms with van der Waals surface area (Å²) in [6, 6.07) is 8.71. The van der Waals surface area contributed by atoms with Crippen molar-refractivity contribution < 1.29 is 9.47 Å². The van der Waals surface area contributed by atoms with E-state index in [-0.39, 0.29) is 5.60 Å². The van der Waals surface area contributed by atoms with Crippen molar-refractivity contribution >= 4 is 0 Å². The van der Waals surface area contributed by atoms with Crippen LogP contribution in [0.5, 0.6) is 5.75 Å². The Kier molecular flexibility index (Phi) is 7.03. The van der Waals surface area contributed by atoms with Crippen LogP contribution < -0.4 is 10.1 Å². The maximum absolute atomic E-state index is 5.57. The largest absolute Gasteiger partial charge is 0.497 e. The standard InChI is InChI=1S/C17H29NO2/c1-6-10-18-15(13-17(2,3)20-5)11-14-8-7-9-16(12-14)19-4/h7-9,12,15,18H,6,10-11,13H2,1-5H3. The van der Waals surface area contributed by atoms with Crippen LogP contribution >= 0.6 is 0 Å². The normalized spacial score (nSPS) is 13.2. The van der Waals surface area contributed by atoms with Gasteiger partial charge in [0, 0.05) is 13.2 Å². The zero-order valence-corrected chi connectivity index (χ0v) is 13.5. The predicted octanol–water partition coefficient (Wildman–Crippen LogP) is 3.42. The van der Waals surface area contributed by atoms with Gasteiger partial charge in [0.05, 0.1) is 12.7 Å². The number of hydrogen-bond acceptors (Lipinski definition) is 3. The lowest BCUT2D eigenvalue weighted by Crippen LogP contribution is -2.39. The number of rotatable bonds is 9. The quantitative estimate of drug-likeness (QED) is 0.751. The molecule has 0 saturated heterocycles. The van der Waals surface area contributed by atoms with Gasteiger partial charge in [-0.1, -0.05) is 19.1 Å². The van der Waals surface area contributed by atoms with E-state index in [0.29, 0.717) is 6.04 Å². The van der Waals surface area contributed by atoms with Gasteiger partial charge in [-0.25, -0.2) is 0 Å². The molecule has 0 heterocycles. The van der Waals surface area contributed by atoms with Crippen LogP contribution in [-0.2, 0) is 11.2 Å². The van der Waals surface area contributed by atoms with Crippen LogP contribution in [0, 0.1) is 0 Å². The molecule has 1 rings (SSSR count). The van der Waals surface area contributed by atoms with Crippen molar-refractivity contribution in [1.29, 1.82) is 0 Å². The summed E-state index contributed by atoms with van der Waals surface area (Å²) in [6.45, 7) is 7.50. The molecule has 20 heavy (non-hydrogen) atoms. The molecular formula is C17H29NO2. The van der Waals surface area contributed by atoms with Crippen LogP contribution in [0.25, 0.3) is 0 Å². The van der Waals surface area contributed by atoms with Crippen molar-refractivity contribution in [2.75, 3.05) is 20.8 Å². The van der Waals surface area contributed by atoms with E-state index in [1.165, 1.54) is 5.56 Å². The molecule has 0 radical (unpaired) electrons. The molecular weight excluding hydrogens is 250 g/mol. The molecule has 1 unspecified atom stereocenters. The van der Waals surface area contributed by atoms with Crippen LogP contribution in [0.2, 0.25) is 0 Å². The number of benzene rings is 1. The summed E-state index contributed by atoms with van der Waals surface area (Å²) in [7, 11) is 3.49. The minimum absolute atomic E-state index is 0.107. The Morgan fingerprint density at radius 2 is 2.00 bits per heavy atom. The van der Waals surface area contributed by atoms with Crippen LogP contribution in [0.1, 0.15) is 39.2 Å². The Bertz CT molecular complexity index is 390. The molecule has 0 saturated carbocycles. The van der Waals surface area contributed by atoms with Gasteiger partial charge >= 0.3 is 0 Å². The number of ether oxygens (including phenoxy) is 2. The van der Waals surface area contributed by atoms with Gasteiger partial charge in [0.1, 0.15) is 5.75 Å². The number of nitrogens with one attached hydrogen (secondary N) is 1. The molecule has 1 atom stereocenters. The summed E-state index contributed by atoms with van der Waals surface area (Å²) >= 11 is 0. The van der Waals surface area contributed by atoms with Gasteiger partial charge in [0.25, 0.3) is 0 Å². The molecule has 0 fully saturated rings. The topological polar surface area (TPSA) is 30.5 Å². The van der Waals surface area contributed by atoms with E-state index in [1.54, 1.807) is 14.2 Å². The van der Waals surface area contributed by atoms with Crippen molar-refractivity contribution in [3.05, 3.63) is 29.8 Å². The van der Waals surface area contributed by atoms with Crippen LogP contribution in [0.15, 0.2) is 24.3 Å². The summed E-state index contributed by atoms with van der Waals surface area (Å²) in [5, 5.41) is 3.62. The first kappa shape index (κ1) is 17.0. The highest BCUT2D eigenvalue weighted by molar-refractivity contribution is 5.29. The Labute approximate surface area is 123 Å². The molecule has 0 aliphatic carbocycles. The first-order valence-electron chi connectivity index (χ1n) is 7.42. The number of hydrogen-bond donors (Lipinski definition) is 1. The van der Waals surface area contributed by atoms with Crippen molar-refractivity contribution in [1.82, 2.24) is 5.32 Å². The van der Waals surface area contributed by atoms with E-state index in [1.807, 2.05) is 12.1 Å². The van der Waals surface area contributed by atoms with Crippen LogP contribution in [0.3, 0.4) is 0 Å². The van der Waals surface area contributed by atoms with Crippen molar-refractivity contribution in [2.24, 2.45) is 0 Å². The smallest absolute Gasteiger partial charge is 0.119 e. The molecule has 3 heteroatoms. The van der Waals surface area contributed by atoms with Crippen molar-refractivity contribution in [3.63, 3.8) is 0 Å². The Morgan fingerprint density at radius 1 is 1.25 bits per heavy atom. The Hall–Kier alpha value is -1.06. The molecule has 0 aliphatic heterocycles. The molecule has 0 amide bonds. The molecule has 1 aromatic rings. The highest BCUT2D eigenvalue weighted by atomic mass is 16.5. The third-order valence-corrected chi connectivity index (χ3v) is 3.59. The third-order valence-electron chi connectivity index (χ3n) is 3.59. The van der Waals surface area contributed by atoms with E-state index in [4.69, 9.17) is 9.47 Å². The fourth-order valence-electron chi connectivity index (χ4n) is 2.33. The summed E-state index contributed by atoms with van der Waals surface area (Å²) in [4.78, 5) is 0. The second kappa shape index (κ2) is 8.28. The summed E-state index contributed by atoms with van der Waals surface area (Å²) in [5.41, 5.74) is 1.19. The van der Waals surface area contributed by atoms with Gasteiger partial charge in [0.2, 0.25) is 0 Å². The monoisotopic (exact) mass is 279 g/mol.